The SMILES string of the molecule is Cc1cc(Nc2cccc(F)c2)cc([C@H]2CCCN(C(=O)c3cnccn3)C2)n1. The maximum Gasteiger partial charge on any atom is 0.274 e. The minimum atomic E-state index is -0.286. The van der Waals surface area contributed by atoms with Gasteiger partial charge in [-0.05, 0) is 50.1 Å². The average Bonchev–Trinajstić information content (AvgIpc) is 2.73. The highest BCUT2D eigenvalue weighted by Gasteiger charge is 2.27. The van der Waals surface area contributed by atoms with Gasteiger partial charge >= 0.3 is 0 Å². The molecule has 0 bridgehead atoms. The summed E-state index contributed by atoms with van der Waals surface area (Å²) in [6.45, 7) is 3.23. The Balaban J connectivity index is 1.53. The van der Waals surface area contributed by atoms with Gasteiger partial charge in [-0.1, -0.05) is 6.07 Å². The van der Waals surface area contributed by atoms with Gasteiger partial charge in [-0.15, -0.1) is 0 Å². The number of hydrogen-bond donors (Lipinski definition) is 1. The molecule has 1 aliphatic heterocycles. The van der Waals surface area contributed by atoms with Crippen LogP contribution in [0.25, 0.3) is 0 Å². The van der Waals surface area contributed by atoms with Gasteiger partial charge in [0.05, 0.1) is 6.20 Å². The summed E-state index contributed by atoms with van der Waals surface area (Å²) >= 11 is 0. The zero-order chi connectivity index (χ0) is 20.2. The summed E-state index contributed by atoms with van der Waals surface area (Å²) in [4.78, 5) is 27.4. The van der Waals surface area contributed by atoms with E-state index in [0.717, 1.165) is 29.9 Å². The highest BCUT2D eigenvalue weighted by Crippen LogP contribution is 2.29. The molecule has 1 amide bonds. The maximum atomic E-state index is 13.5. The van der Waals surface area contributed by atoms with Gasteiger partial charge in [0.25, 0.3) is 5.91 Å². The Kier molecular flexibility index (Phi) is 5.46. The van der Waals surface area contributed by atoms with E-state index in [4.69, 9.17) is 4.98 Å². The Morgan fingerprint density at radius 1 is 1.21 bits per heavy atom. The van der Waals surface area contributed by atoms with Crippen molar-refractivity contribution in [2.24, 2.45) is 0 Å². The molecule has 0 aliphatic carbocycles. The lowest BCUT2D eigenvalue weighted by Crippen LogP contribution is -2.39. The summed E-state index contributed by atoms with van der Waals surface area (Å²) in [5, 5.41) is 3.25. The van der Waals surface area contributed by atoms with Crippen molar-refractivity contribution in [2.75, 3.05) is 18.4 Å². The third-order valence-electron chi connectivity index (χ3n) is 5.00. The van der Waals surface area contributed by atoms with Crippen molar-refractivity contribution in [3.05, 3.63) is 77.9 Å². The molecule has 0 radical (unpaired) electrons. The number of pyridine rings is 1. The molecule has 7 heteroatoms. The lowest BCUT2D eigenvalue weighted by molar-refractivity contribution is 0.0699. The summed E-state index contributed by atoms with van der Waals surface area (Å²) in [5.41, 5.74) is 3.71. The number of carbonyl (C=O) groups excluding carboxylic acids is 1. The molecule has 0 unspecified atom stereocenters. The molecule has 1 fully saturated rings. The van der Waals surface area contributed by atoms with Crippen molar-refractivity contribution >= 4 is 17.3 Å². The van der Waals surface area contributed by atoms with E-state index in [1.54, 1.807) is 12.3 Å². The highest BCUT2D eigenvalue weighted by atomic mass is 19.1. The molecule has 0 spiro atoms. The molecule has 0 saturated carbocycles. The van der Waals surface area contributed by atoms with E-state index in [1.165, 1.54) is 24.5 Å². The monoisotopic (exact) mass is 391 g/mol. The van der Waals surface area contributed by atoms with E-state index in [9.17, 15) is 9.18 Å². The van der Waals surface area contributed by atoms with Gasteiger partial charge in [0, 0.05) is 54.2 Å². The zero-order valence-electron chi connectivity index (χ0n) is 16.2. The van der Waals surface area contributed by atoms with Crippen LogP contribution in [0.3, 0.4) is 0 Å². The normalized spacial score (nSPS) is 16.5. The minimum Gasteiger partial charge on any atom is -0.355 e. The van der Waals surface area contributed by atoms with E-state index in [2.05, 4.69) is 15.3 Å². The predicted octanol–water partition coefficient (Wildman–Crippen LogP) is 4.08. The second-order valence-corrected chi connectivity index (χ2v) is 7.24. The number of hydrogen-bond acceptors (Lipinski definition) is 5. The number of benzene rings is 1. The van der Waals surface area contributed by atoms with Crippen molar-refractivity contribution < 1.29 is 9.18 Å². The molecular weight excluding hydrogens is 369 g/mol. The Labute approximate surface area is 168 Å². The number of anilines is 2. The molecule has 1 aromatic carbocycles. The Hall–Kier alpha value is -3.35. The molecule has 29 heavy (non-hydrogen) atoms. The molecule has 1 saturated heterocycles. The van der Waals surface area contributed by atoms with Gasteiger partial charge in [-0.25, -0.2) is 9.37 Å². The summed E-state index contributed by atoms with van der Waals surface area (Å²) in [7, 11) is 0. The Bertz CT molecular complexity index is 1010. The predicted molar refractivity (Wildman–Crippen MR) is 109 cm³/mol. The first-order valence-electron chi connectivity index (χ1n) is 9.65. The van der Waals surface area contributed by atoms with Gasteiger partial charge in [0.15, 0.2) is 0 Å². The minimum absolute atomic E-state index is 0.103. The number of nitrogens with one attached hydrogen (secondary N) is 1. The summed E-state index contributed by atoms with van der Waals surface area (Å²) in [6, 6.07) is 10.3. The van der Waals surface area contributed by atoms with Crippen LogP contribution < -0.4 is 5.32 Å². The fourth-order valence-corrected chi connectivity index (χ4v) is 3.68. The summed E-state index contributed by atoms with van der Waals surface area (Å²) in [5.74, 6) is -0.252. The van der Waals surface area contributed by atoms with Gasteiger partial charge in [0.1, 0.15) is 11.5 Å². The van der Waals surface area contributed by atoms with E-state index < -0.39 is 0 Å². The molecule has 3 heterocycles. The van der Waals surface area contributed by atoms with Crippen LogP contribution in [-0.2, 0) is 0 Å². The number of carbonyl (C=O) groups is 1. The van der Waals surface area contributed by atoms with Crippen LogP contribution in [0, 0.1) is 12.7 Å². The van der Waals surface area contributed by atoms with Gasteiger partial charge in [0.2, 0.25) is 0 Å². The molecule has 1 aliphatic rings. The molecular formula is C22H22FN5O. The zero-order valence-corrected chi connectivity index (χ0v) is 16.2. The van der Waals surface area contributed by atoms with Crippen LogP contribution in [-0.4, -0.2) is 38.8 Å². The molecule has 148 valence electrons. The third-order valence-corrected chi connectivity index (χ3v) is 5.00. The van der Waals surface area contributed by atoms with Gasteiger partial charge < -0.3 is 10.2 Å². The number of rotatable bonds is 4. The Morgan fingerprint density at radius 3 is 2.90 bits per heavy atom. The van der Waals surface area contributed by atoms with Crippen LogP contribution in [0.15, 0.2) is 55.0 Å². The number of aromatic nitrogens is 3. The van der Waals surface area contributed by atoms with Crippen LogP contribution >= 0.6 is 0 Å². The molecule has 2 aromatic heterocycles. The first kappa shape index (κ1) is 19.0. The van der Waals surface area contributed by atoms with Crippen LogP contribution in [0.5, 0.6) is 0 Å². The standard InChI is InChI=1S/C22H22FN5O/c1-15-10-19(27-18-6-2-5-17(23)11-18)12-20(26-15)16-4-3-9-28(14-16)22(29)21-13-24-7-8-25-21/h2,5-8,10-13,16H,3-4,9,14H2,1H3,(H,26,27)/t16-/m0/s1. The van der Waals surface area contributed by atoms with Crippen molar-refractivity contribution in [1.29, 1.82) is 0 Å². The van der Waals surface area contributed by atoms with Crippen molar-refractivity contribution in [2.45, 2.75) is 25.7 Å². The molecule has 1 N–H and O–H groups in total. The van der Waals surface area contributed by atoms with Crippen LogP contribution in [0.2, 0.25) is 0 Å². The molecule has 4 rings (SSSR count). The third kappa shape index (κ3) is 4.56. The first-order valence-corrected chi connectivity index (χ1v) is 9.65. The van der Waals surface area contributed by atoms with Gasteiger partial charge in [-0.2, -0.15) is 0 Å². The second kappa shape index (κ2) is 8.34. The van der Waals surface area contributed by atoms with Crippen LogP contribution in [0.1, 0.15) is 40.6 Å². The van der Waals surface area contributed by atoms with Crippen molar-refractivity contribution in [3.63, 3.8) is 0 Å². The van der Waals surface area contributed by atoms with Crippen molar-refractivity contribution in [1.82, 2.24) is 19.9 Å². The smallest absolute Gasteiger partial charge is 0.274 e. The molecule has 6 nitrogen and oxygen atoms in total. The molecule has 1 atom stereocenters. The first-order chi connectivity index (χ1) is 14.1. The quantitative estimate of drug-likeness (QED) is 0.726. The topological polar surface area (TPSA) is 71.0 Å². The maximum absolute atomic E-state index is 13.5. The largest absolute Gasteiger partial charge is 0.355 e. The number of likely N-dealkylation sites (tertiary alicyclic amines) is 1. The summed E-state index contributed by atoms with van der Waals surface area (Å²) in [6.07, 6.45) is 6.44. The number of amides is 1. The lowest BCUT2D eigenvalue weighted by atomic mass is 9.93. The highest BCUT2D eigenvalue weighted by molar-refractivity contribution is 5.92. The van der Waals surface area contributed by atoms with E-state index in [1.807, 2.05) is 30.0 Å². The number of halogens is 1. The van der Waals surface area contributed by atoms with E-state index in [0.29, 0.717) is 24.5 Å². The number of piperidine rings is 1. The Morgan fingerprint density at radius 2 is 2.10 bits per heavy atom. The van der Waals surface area contributed by atoms with Crippen LogP contribution in [0.4, 0.5) is 15.8 Å². The number of nitrogens with zero attached hydrogens (tertiary/aromatic N) is 4. The van der Waals surface area contributed by atoms with Crippen molar-refractivity contribution in [3.8, 4) is 0 Å². The van der Waals surface area contributed by atoms with E-state index >= 15 is 0 Å². The lowest BCUT2D eigenvalue weighted by Gasteiger charge is -2.32. The summed E-state index contributed by atoms with van der Waals surface area (Å²) < 4.78 is 13.5. The molecule has 3 aromatic rings. The fourth-order valence-electron chi connectivity index (χ4n) is 3.68. The fraction of sp³-hybridized carbons (Fsp3) is 0.273. The van der Waals surface area contributed by atoms with E-state index in [-0.39, 0.29) is 17.6 Å². The average molecular weight is 391 g/mol. The number of aryl methyl sites for hydroxylation is 1. The van der Waals surface area contributed by atoms with Gasteiger partial charge in [-0.3, -0.25) is 14.8 Å². The second-order valence-electron chi connectivity index (χ2n) is 7.24.